The number of carboxylic acid groups (broad SMARTS) is 1. The molecule has 1 heterocycles. The third-order valence-corrected chi connectivity index (χ3v) is 3.97. The van der Waals surface area contributed by atoms with Gasteiger partial charge < -0.3 is 14.8 Å². The number of nitrogens with one attached hydrogen (secondary N) is 1. The summed E-state index contributed by atoms with van der Waals surface area (Å²) in [5.74, 6) is -0.252. The molecule has 0 amide bonds. The van der Waals surface area contributed by atoms with E-state index in [1.54, 1.807) is 26.1 Å². The Morgan fingerprint density at radius 1 is 1.40 bits per heavy atom. The molecule has 6 nitrogen and oxygen atoms in total. The highest BCUT2D eigenvalue weighted by molar-refractivity contribution is 7.99. The van der Waals surface area contributed by atoms with Crippen molar-refractivity contribution < 1.29 is 14.3 Å². The van der Waals surface area contributed by atoms with Crippen molar-refractivity contribution in [3.63, 3.8) is 0 Å². The van der Waals surface area contributed by atoms with Gasteiger partial charge in [0.2, 0.25) is 5.89 Å². The number of aryl methyl sites for hydroxylation is 1. The first-order chi connectivity index (χ1) is 9.58. The molecule has 0 aliphatic carbocycles. The summed E-state index contributed by atoms with van der Waals surface area (Å²) >= 11 is 1.21. The molecule has 0 aliphatic rings. The molecule has 0 radical (unpaired) electrons. The summed E-state index contributed by atoms with van der Waals surface area (Å²) in [6, 6.07) is 9.03. The maximum atomic E-state index is 11.7. The van der Waals surface area contributed by atoms with Crippen LogP contribution in [-0.2, 0) is 10.3 Å². The Morgan fingerprint density at radius 3 is 2.60 bits per heavy atom. The van der Waals surface area contributed by atoms with Crippen molar-refractivity contribution in [2.75, 3.05) is 12.8 Å². The minimum absolute atomic E-state index is 0.241. The molecule has 2 rings (SSSR count). The van der Waals surface area contributed by atoms with Gasteiger partial charge in [0.1, 0.15) is 0 Å². The van der Waals surface area contributed by atoms with Gasteiger partial charge in [-0.2, -0.15) is 0 Å². The van der Waals surface area contributed by atoms with Crippen molar-refractivity contribution in [3.05, 3.63) is 41.8 Å². The summed E-state index contributed by atoms with van der Waals surface area (Å²) in [7, 11) is 1.63. The van der Waals surface area contributed by atoms with Crippen LogP contribution >= 0.6 is 11.8 Å². The number of rotatable bonds is 6. The molecule has 0 saturated carbocycles. The van der Waals surface area contributed by atoms with Crippen molar-refractivity contribution in [1.82, 2.24) is 15.5 Å². The number of carbonyl (C=O) groups is 1. The lowest BCUT2D eigenvalue weighted by atomic mass is 9.92. The van der Waals surface area contributed by atoms with Gasteiger partial charge in [0.25, 0.3) is 5.22 Å². The van der Waals surface area contributed by atoms with Crippen LogP contribution in [0.1, 0.15) is 11.5 Å². The van der Waals surface area contributed by atoms with E-state index in [0.29, 0.717) is 16.7 Å². The highest BCUT2D eigenvalue weighted by Crippen LogP contribution is 2.29. The van der Waals surface area contributed by atoms with E-state index in [4.69, 9.17) is 4.42 Å². The number of likely N-dealkylation sites (N-methyl/N-ethyl adjacent to an activating group) is 1. The molecule has 1 aromatic heterocycles. The monoisotopic (exact) mass is 293 g/mol. The van der Waals surface area contributed by atoms with E-state index in [2.05, 4.69) is 15.5 Å². The van der Waals surface area contributed by atoms with Crippen molar-refractivity contribution in [1.29, 1.82) is 0 Å². The average Bonchev–Trinajstić information content (AvgIpc) is 2.87. The summed E-state index contributed by atoms with van der Waals surface area (Å²) in [6.45, 7) is 1.69. The fraction of sp³-hybridized carbons (Fsp3) is 0.308. The topological polar surface area (TPSA) is 88.3 Å². The van der Waals surface area contributed by atoms with Crippen LogP contribution in [-0.4, -0.2) is 34.1 Å². The second-order valence-corrected chi connectivity index (χ2v) is 5.13. The maximum absolute atomic E-state index is 11.7. The number of nitrogens with zero attached hydrogens (tertiary/aromatic N) is 2. The fourth-order valence-electron chi connectivity index (χ4n) is 1.82. The molecule has 106 valence electrons. The molecule has 0 bridgehead atoms. The third kappa shape index (κ3) is 2.83. The van der Waals surface area contributed by atoms with Gasteiger partial charge in [-0.1, -0.05) is 42.1 Å². The van der Waals surface area contributed by atoms with E-state index in [9.17, 15) is 9.90 Å². The highest BCUT2D eigenvalue weighted by Gasteiger charge is 2.39. The minimum atomic E-state index is -1.20. The Bertz CT molecular complexity index is 588. The summed E-state index contributed by atoms with van der Waals surface area (Å²) in [5, 5.41) is 20.5. The van der Waals surface area contributed by atoms with Crippen LogP contribution in [0.5, 0.6) is 0 Å². The van der Waals surface area contributed by atoms with Gasteiger partial charge in [0, 0.05) is 12.7 Å². The van der Waals surface area contributed by atoms with Crippen LogP contribution in [0.4, 0.5) is 0 Å². The Balaban J connectivity index is 2.26. The Hall–Kier alpha value is -1.86. The molecule has 0 spiro atoms. The van der Waals surface area contributed by atoms with Crippen molar-refractivity contribution in [2.24, 2.45) is 0 Å². The van der Waals surface area contributed by atoms with Gasteiger partial charge in [0.15, 0.2) is 5.54 Å². The van der Waals surface area contributed by atoms with E-state index in [0.717, 1.165) is 0 Å². The molecule has 2 aromatic rings. The average molecular weight is 293 g/mol. The SMILES string of the molecule is CNC(CSc1nnc(C)o1)(C(=O)O)c1ccccc1. The quantitative estimate of drug-likeness (QED) is 0.783. The Labute approximate surface area is 120 Å². The summed E-state index contributed by atoms with van der Waals surface area (Å²) in [6.07, 6.45) is 0. The van der Waals surface area contributed by atoms with Crippen molar-refractivity contribution >= 4 is 17.7 Å². The van der Waals surface area contributed by atoms with Crippen LogP contribution in [0, 0.1) is 6.92 Å². The predicted octanol–water partition coefficient (Wildman–Crippen LogP) is 1.67. The molecule has 1 atom stereocenters. The van der Waals surface area contributed by atoms with Crippen LogP contribution < -0.4 is 5.32 Å². The van der Waals surface area contributed by atoms with Gasteiger partial charge in [-0.3, -0.25) is 0 Å². The first kappa shape index (κ1) is 14.5. The summed E-state index contributed by atoms with van der Waals surface area (Å²) in [4.78, 5) is 11.7. The molecular formula is C13H15N3O3S. The molecule has 20 heavy (non-hydrogen) atoms. The van der Waals surface area contributed by atoms with Crippen molar-refractivity contribution in [2.45, 2.75) is 17.7 Å². The number of benzene rings is 1. The van der Waals surface area contributed by atoms with Gasteiger partial charge in [-0.15, -0.1) is 10.2 Å². The lowest BCUT2D eigenvalue weighted by Gasteiger charge is -2.28. The van der Waals surface area contributed by atoms with Gasteiger partial charge in [0.05, 0.1) is 0 Å². The van der Waals surface area contributed by atoms with Gasteiger partial charge in [-0.05, 0) is 12.6 Å². The number of hydrogen-bond acceptors (Lipinski definition) is 6. The third-order valence-electron chi connectivity index (χ3n) is 2.98. The zero-order valence-electron chi connectivity index (χ0n) is 11.2. The lowest BCUT2D eigenvalue weighted by Crippen LogP contribution is -2.49. The second-order valence-electron chi connectivity index (χ2n) is 4.20. The predicted molar refractivity (Wildman–Crippen MR) is 74.6 cm³/mol. The molecule has 0 saturated heterocycles. The van der Waals surface area contributed by atoms with Crippen LogP contribution in [0.2, 0.25) is 0 Å². The number of carboxylic acids is 1. The molecular weight excluding hydrogens is 278 g/mol. The molecule has 0 aliphatic heterocycles. The Kier molecular flexibility index (Phi) is 4.41. The van der Waals surface area contributed by atoms with Gasteiger partial charge in [-0.25, -0.2) is 4.79 Å². The van der Waals surface area contributed by atoms with E-state index in [-0.39, 0.29) is 5.75 Å². The van der Waals surface area contributed by atoms with Crippen molar-refractivity contribution in [3.8, 4) is 0 Å². The molecule has 1 aromatic carbocycles. The first-order valence-corrected chi connectivity index (χ1v) is 6.98. The smallest absolute Gasteiger partial charge is 0.329 e. The Morgan fingerprint density at radius 2 is 2.10 bits per heavy atom. The number of aromatic nitrogens is 2. The minimum Gasteiger partial charge on any atom is -0.480 e. The van der Waals surface area contributed by atoms with Crippen LogP contribution in [0.15, 0.2) is 40.0 Å². The maximum Gasteiger partial charge on any atom is 0.329 e. The van der Waals surface area contributed by atoms with Crippen LogP contribution in [0.3, 0.4) is 0 Å². The first-order valence-electron chi connectivity index (χ1n) is 5.99. The normalized spacial score (nSPS) is 13.9. The number of thioether (sulfide) groups is 1. The summed E-state index contributed by atoms with van der Waals surface area (Å²) in [5.41, 5.74) is -0.521. The number of aliphatic carboxylic acids is 1. The van der Waals surface area contributed by atoms with Gasteiger partial charge >= 0.3 is 5.97 Å². The molecule has 1 unspecified atom stereocenters. The van der Waals surface area contributed by atoms with Crippen LogP contribution in [0.25, 0.3) is 0 Å². The second kappa shape index (κ2) is 6.06. The fourth-order valence-corrected chi connectivity index (χ4v) is 2.87. The molecule has 7 heteroatoms. The highest BCUT2D eigenvalue weighted by atomic mass is 32.2. The zero-order chi connectivity index (χ0) is 14.6. The van der Waals surface area contributed by atoms with E-state index in [1.807, 2.05) is 18.2 Å². The standard InChI is InChI=1S/C13H15N3O3S/c1-9-15-16-12(19-9)20-8-13(14-2,11(17)18)10-6-4-3-5-7-10/h3-7,14H,8H2,1-2H3,(H,17,18). The van der Waals surface area contributed by atoms with E-state index < -0.39 is 11.5 Å². The number of hydrogen-bond donors (Lipinski definition) is 2. The molecule has 2 N–H and O–H groups in total. The van der Waals surface area contributed by atoms with E-state index >= 15 is 0 Å². The summed E-state index contributed by atoms with van der Waals surface area (Å²) < 4.78 is 5.26. The largest absolute Gasteiger partial charge is 0.480 e. The zero-order valence-corrected chi connectivity index (χ0v) is 12.0. The molecule has 0 fully saturated rings. The lowest BCUT2D eigenvalue weighted by molar-refractivity contribution is -0.144. The van der Waals surface area contributed by atoms with E-state index in [1.165, 1.54) is 11.8 Å².